The number of hydrogen-bond donors (Lipinski definition) is 2. The Labute approximate surface area is 57.4 Å². The maximum atomic E-state index is 8.90. The third-order valence-electron chi connectivity index (χ3n) is 1.33. The van der Waals surface area contributed by atoms with Crippen LogP contribution in [0.3, 0.4) is 0 Å². The summed E-state index contributed by atoms with van der Waals surface area (Å²) in [4.78, 5) is 0.561. The van der Waals surface area contributed by atoms with Crippen molar-refractivity contribution in [2.24, 2.45) is 0 Å². The fraction of sp³-hybridized carbons (Fsp3) is 1.00. The highest BCUT2D eigenvalue weighted by atomic mass is 79.9. The SMILES string of the molecule is O[C@H]1CC[C@@H](Br)CN1. The second-order valence-electron chi connectivity index (χ2n) is 2.10. The Morgan fingerprint density at radius 3 is 2.62 bits per heavy atom. The number of aliphatic hydroxyl groups excluding tert-OH is 1. The van der Waals surface area contributed by atoms with Crippen LogP contribution in [-0.2, 0) is 0 Å². The van der Waals surface area contributed by atoms with Crippen molar-refractivity contribution in [1.29, 1.82) is 0 Å². The maximum absolute atomic E-state index is 8.90. The van der Waals surface area contributed by atoms with E-state index in [1.807, 2.05) is 0 Å². The van der Waals surface area contributed by atoms with Crippen molar-refractivity contribution in [2.75, 3.05) is 6.54 Å². The zero-order valence-corrected chi connectivity index (χ0v) is 6.19. The third-order valence-corrected chi connectivity index (χ3v) is 2.11. The summed E-state index contributed by atoms with van der Waals surface area (Å²) in [5.74, 6) is 0. The second kappa shape index (κ2) is 2.80. The maximum Gasteiger partial charge on any atom is 0.104 e. The van der Waals surface area contributed by atoms with Crippen LogP contribution in [0.4, 0.5) is 0 Å². The van der Waals surface area contributed by atoms with E-state index in [4.69, 9.17) is 5.11 Å². The molecule has 1 aliphatic heterocycles. The summed E-state index contributed by atoms with van der Waals surface area (Å²) in [6.45, 7) is 0.890. The van der Waals surface area contributed by atoms with E-state index in [1.54, 1.807) is 0 Å². The van der Waals surface area contributed by atoms with Gasteiger partial charge in [0.05, 0.1) is 0 Å². The molecule has 0 aliphatic carbocycles. The number of halogens is 1. The van der Waals surface area contributed by atoms with Gasteiger partial charge in [-0.2, -0.15) is 0 Å². The van der Waals surface area contributed by atoms with Crippen molar-refractivity contribution in [3.05, 3.63) is 0 Å². The summed E-state index contributed by atoms with van der Waals surface area (Å²) >= 11 is 3.44. The number of nitrogens with one attached hydrogen (secondary N) is 1. The number of piperidine rings is 1. The second-order valence-corrected chi connectivity index (χ2v) is 3.39. The topological polar surface area (TPSA) is 32.3 Å². The first kappa shape index (κ1) is 6.52. The molecule has 1 saturated heterocycles. The molecule has 3 heteroatoms. The molecular formula is C5H10BrNO. The van der Waals surface area contributed by atoms with E-state index >= 15 is 0 Å². The van der Waals surface area contributed by atoms with Crippen LogP contribution in [0.1, 0.15) is 12.8 Å². The van der Waals surface area contributed by atoms with Gasteiger partial charge in [0.25, 0.3) is 0 Å². The van der Waals surface area contributed by atoms with Gasteiger partial charge in [-0.1, -0.05) is 15.9 Å². The highest BCUT2D eigenvalue weighted by molar-refractivity contribution is 9.09. The van der Waals surface area contributed by atoms with Gasteiger partial charge in [-0.15, -0.1) is 0 Å². The van der Waals surface area contributed by atoms with Crippen LogP contribution >= 0.6 is 15.9 Å². The summed E-state index contributed by atoms with van der Waals surface area (Å²) in [5.41, 5.74) is 0. The Morgan fingerprint density at radius 1 is 1.50 bits per heavy atom. The van der Waals surface area contributed by atoms with Crippen molar-refractivity contribution >= 4 is 15.9 Å². The first-order valence-electron chi connectivity index (χ1n) is 2.84. The summed E-state index contributed by atoms with van der Waals surface area (Å²) < 4.78 is 0. The van der Waals surface area contributed by atoms with Gasteiger partial charge in [-0.25, -0.2) is 0 Å². The van der Waals surface area contributed by atoms with Crippen molar-refractivity contribution < 1.29 is 5.11 Å². The van der Waals surface area contributed by atoms with Crippen LogP contribution in [0.2, 0.25) is 0 Å². The molecule has 1 fully saturated rings. The van der Waals surface area contributed by atoms with Crippen LogP contribution in [0.5, 0.6) is 0 Å². The van der Waals surface area contributed by atoms with Crippen LogP contribution < -0.4 is 5.32 Å². The van der Waals surface area contributed by atoms with Gasteiger partial charge in [0.1, 0.15) is 6.23 Å². The van der Waals surface area contributed by atoms with Gasteiger partial charge in [-0.05, 0) is 12.8 Å². The van der Waals surface area contributed by atoms with E-state index < -0.39 is 0 Å². The molecule has 8 heavy (non-hydrogen) atoms. The molecule has 2 nitrogen and oxygen atoms in total. The molecule has 0 radical (unpaired) electrons. The molecule has 0 saturated carbocycles. The van der Waals surface area contributed by atoms with Gasteiger partial charge < -0.3 is 5.11 Å². The molecule has 0 amide bonds. The summed E-state index contributed by atoms with van der Waals surface area (Å²) in [5, 5.41) is 11.8. The fourth-order valence-corrected chi connectivity index (χ4v) is 1.26. The molecule has 0 spiro atoms. The van der Waals surface area contributed by atoms with E-state index in [1.165, 1.54) is 0 Å². The average molecular weight is 180 g/mol. The lowest BCUT2D eigenvalue weighted by molar-refractivity contribution is 0.110. The zero-order chi connectivity index (χ0) is 5.98. The Morgan fingerprint density at radius 2 is 2.25 bits per heavy atom. The molecule has 0 bridgehead atoms. The lowest BCUT2D eigenvalue weighted by atomic mass is 10.1. The standard InChI is InChI=1S/C5H10BrNO/c6-4-1-2-5(8)7-3-4/h4-5,7-8H,1-3H2/t4-,5+/m1/s1. The van der Waals surface area contributed by atoms with Crippen molar-refractivity contribution in [3.8, 4) is 0 Å². The summed E-state index contributed by atoms with van der Waals surface area (Å²) in [6, 6.07) is 0. The largest absolute Gasteiger partial charge is 0.379 e. The highest BCUT2D eigenvalue weighted by Gasteiger charge is 2.14. The van der Waals surface area contributed by atoms with E-state index in [9.17, 15) is 0 Å². The predicted molar refractivity (Wildman–Crippen MR) is 36.0 cm³/mol. The van der Waals surface area contributed by atoms with Crippen LogP contribution in [0, 0.1) is 0 Å². The summed E-state index contributed by atoms with van der Waals surface area (Å²) in [7, 11) is 0. The van der Waals surface area contributed by atoms with E-state index in [-0.39, 0.29) is 6.23 Å². The Bertz CT molecular complexity index is 60.8. The number of hydrogen-bond acceptors (Lipinski definition) is 2. The number of rotatable bonds is 0. The Balaban J connectivity index is 2.19. The molecule has 0 aromatic carbocycles. The minimum absolute atomic E-state index is 0.260. The van der Waals surface area contributed by atoms with Crippen LogP contribution in [0.15, 0.2) is 0 Å². The molecule has 2 atom stereocenters. The van der Waals surface area contributed by atoms with Crippen molar-refractivity contribution in [2.45, 2.75) is 23.9 Å². The molecule has 2 N–H and O–H groups in total. The fourth-order valence-electron chi connectivity index (χ4n) is 0.807. The monoisotopic (exact) mass is 179 g/mol. The molecule has 1 aliphatic rings. The number of aliphatic hydroxyl groups is 1. The molecule has 0 aromatic heterocycles. The van der Waals surface area contributed by atoms with E-state index in [2.05, 4.69) is 21.2 Å². The van der Waals surface area contributed by atoms with Crippen LogP contribution in [0.25, 0.3) is 0 Å². The minimum Gasteiger partial charge on any atom is -0.379 e. The predicted octanol–water partition coefficient (Wildman–Crippen LogP) is 0.452. The van der Waals surface area contributed by atoms with Gasteiger partial charge in [0.2, 0.25) is 0 Å². The normalized spacial score (nSPS) is 39.8. The van der Waals surface area contributed by atoms with Crippen molar-refractivity contribution in [1.82, 2.24) is 5.32 Å². The summed E-state index contributed by atoms with van der Waals surface area (Å²) in [6.07, 6.45) is 1.69. The Kier molecular flexibility index (Phi) is 2.28. The van der Waals surface area contributed by atoms with Crippen molar-refractivity contribution in [3.63, 3.8) is 0 Å². The minimum atomic E-state index is -0.260. The van der Waals surface area contributed by atoms with Gasteiger partial charge in [-0.3, -0.25) is 5.32 Å². The van der Waals surface area contributed by atoms with Gasteiger partial charge in [0.15, 0.2) is 0 Å². The quantitative estimate of drug-likeness (QED) is 0.530. The molecule has 0 unspecified atom stereocenters. The first-order valence-corrected chi connectivity index (χ1v) is 3.76. The smallest absolute Gasteiger partial charge is 0.104 e. The molecule has 1 rings (SSSR count). The van der Waals surface area contributed by atoms with E-state index in [0.29, 0.717) is 4.83 Å². The van der Waals surface area contributed by atoms with Gasteiger partial charge >= 0.3 is 0 Å². The van der Waals surface area contributed by atoms with Gasteiger partial charge in [0, 0.05) is 11.4 Å². The van der Waals surface area contributed by atoms with Crippen LogP contribution in [-0.4, -0.2) is 22.7 Å². The van der Waals surface area contributed by atoms with E-state index in [0.717, 1.165) is 19.4 Å². The highest BCUT2D eigenvalue weighted by Crippen LogP contribution is 2.12. The molecule has 1 heterocycles. The molecule has 48 valence electrons. The third kappa shape index (κ3) is 1.73. The average Bonchev–Trinajstić information content (AvgIpc) is 1.77. The first-order chi connectivity index (χ1) is 3.79. The zero-order valence-electron chi connectivity index (χ0n) is 4.60. The Hall–Kier alpha value is 0.400. The lowest BCUT2D eigenvalue weighted by Crippen LogP contribution is -2.38. The lowest BCUT2D eigenvalue weighted by Gasteiger charge is -2.22. The molecule has 0 aromatic rings. The number of alkyl halides is 1. The molecular weight excluding hydrogens is 170 g/mol.